The zero-order valence-electron chi connectivity index (χ0n) is 5.05. The van der Waals surface area contributed by atoms with Gasteiger partial charge >= 0.3 is 29.6 Å². The predicted molar refractivity (Wildman–Crippen MR) is 21.3 cm³/mol. The molecule has 0 aliphatic heterocycles. The molecule has 0 fully saturated rings. The standard InChI is InChI=1S/C4H8O3.Na/c1-3(5)2-4(6)7;/h3,5H,2H2,1H3,(H,6,7);/q;+1/p-1/t3-;/m1./s1/i1+1,2+1;. The summed E-state index contributed by atoms with van der Waals surface area (Å²) in [6, 6.07) is 0. The molecule has 0 heterocycles. The van der Waals surface area contributed by atoms with Crippen LogP contribution in [0.15, 0.2) is 0 Å². The average Bonchev–Trinajstić information content (AvgIpc) is 1.27. The van der Waals surface area contributed by atoms with Crippen LogP contribution in [0, 0.1) is 0 Å². The van der Waals surface area contributed by atoms with E-state index in [2.05, 4.69) is 0 Å². The summed E-state index contributed by atoms with van der Waals surface area (Å²) < 4.78 is 0. The Hall–Kier alpha value is 0.430. The Bertz CT molecular complexity index is 71.7. The van der Waals surface area contributed by atoms with Crippen molar-refractivity contribution in [1.82, 2.24) is 0 Å². The number of aliphatic hydroxyl groups is 1. The molecule has 42 valence electrons. The first-order chi connectivity index (χ1) is 3.13. The molecule has 0 rings (SSSR count). The normalized spacial score (nSPS) is 11.8. The molecule has 0 aliphatic rings. The molecule has 3 nitrogen and oxygen atoms in total. The summed E-state index contributed by atoms with van der Waals surface area (Å²) in [4.78, 5) is 9.54. The van der Waals surface area contributed by atoms with Crippen molar-refractivity contribution >= 4 is 5.97 Å². The summed E-state index contributed by atoms with van der Waals surface area (Å²) in [6.07, 6.45) is -1.06. The van der Waals surface area contributed by atoms with E-state index >= 15 is 0 Å². The zero-order chi connectivity index (χ0) is 5.86. The van der Waals surface area contributed by atoms with E-state index in [1.165, 1.54) is 6.92 Å². The van der Waals surface area contributed by atoms with Gasteiger partial charge in [-0.05, 0) is 6.92 Å². The van der Waals surface area contributed by atoms with Gasteiger partial charge in [0.05, 0.1) is 6.10 Å². The number of rotatable bonds is 2. The summed E-state index contributed by atoms with van der Waals surface area (Å²) in [6.45, 7) is 1.40. The first kappa shape index (κ1) is 11.3. The Morgan fingerprint density at radius 1 is 1.88 bits per heavy atom. The third-order valence-electron chi connectivity index (χ3n) is 0.462. The molecular weight excluding hydrogens is 121 g/mol. The maximum atomic E-state index is 9.54. The fraction of sp³-hybridized carbons (Fsp3) is 0.750. The van der Waals surface area contributed by atoms with Crippen molar-refractivity contribution in [3.8, 4) is 0 Å². The van der Waals surface area contributed by atoms with Gasteiger partial charge in [0.2, 0.25) is 0 Å². The fourth-order valence-electron chi connectivity index (χ4n) is 0.241. The molecule has 0 bridgehead atoms. The number of hydrogen-bond acceptors (Lipinski definition) is 3. The minimum absolute atomic E-state index is 0. The molecule has 0 saturated heterocycles. The van der Waals surface area contributed by atoms with Crippen LogP contribution in [0.4, 0.5) is 0 Å². The van der Waals surface area contributed by atoms with Crippen LogP contribution in [0.2, 0.25) is 0 Å². The van der Waals surface area contributed by atoms with Crippen LogP contribution in [0.25, 0.3) is 0 Å². The number of carbonyl (C=O) groups excluding carboxylic acids is 1. The van der Waals surface area contributed by atoms with Crippen molar-refractivity contribution in [1.29, 1.82) is 0 Å². The second-order valence-corrected chi connectivity index (χ2v) is 1.43. The van der Waals surface area contributed by atoms with Crippen LogP contribution < -0.4 is 34.7 Å². The van der Waals surface area contributed by atoms with Gasteiger partial charge in [-0.15, -0.1) is 0 Å². The summed E-state index contributed by atoms with van der Waals surface area (Å²) >= 11 is 0. The molecule has 0 aromatic carbocycles. The minimum atomic E-state index is -1.21. The van der Waals surface area contributed by atoms with E-state index < -0.39 is 12.1 Å². The number of hydrogen-bond donors (Lipinski definition) is 1. The Labute approximate surface area is 70.0 Å². The molecule has 0 saturated carbocycles. The van der Waals surface area contributed by atoms with Crippen LogP contribution in [0.5, 0.6) is 0 Å². The quantitative estimate of drug-likeness (QED) is 0.301. The number of aliphatic hydroxyl groups excluding tert-OH is 1. The molecule has 0 aromatic rings. The Balaban J connectivity index is 0. The van der Waals surface area contributed by atoms with Crippen molar-refractivity contribution in [2.75, 3.05) is 0 Å². The van der Waals surface area contributed by atoms with Crippen LogP contribution >= 0.6 is 0 Å². The summed E-state index contributed by atoms with van der Waals surface area (Å²) in [5.74, 6) is -1.21. The fourth-order valence-corrected chi connectivity index (χ4v) is 0.241. The van der Waals surface area contributed by atoms with Crippen LogP contribution in [0.1, 0.15) is 13.3 Å². The minimum Gasteiger partial charge on any atom is -0.550 e. The van der Waals surface area contributed by atoms with Crippen molar-refractivity contribution in [3.05, 3.63) is 0 Å². The van der Waals surface area contributed by atoms with E-state index in [0.29, 0.717) is 0 Å². The molecule has 0 radical (unpaired) electrons. The smallest absolute Gasteiger partial charge is 0.550 e. The van der Waals surface area contributed by atoms with Crippen molar-refractivity contribution in [2.24, 2.45) is 0 Å². The van der Waals surface area contributed by atoms with Gasteiger partial charge in [0.25, 0.3) is 0 Å². The molecule has 8 heavy (non-hydrogen) atoms. The Morgan fingerprint density at radius 2 is 2.25 bits per heavy atom. The van der Waals surface area contributed by atoms with Crippen LogP contribution in [-0.4, -0.2) is 17.2 Å². The van der Waals surface area contributed by atoms with Gasteiger partial charge in [0.15, 0.2) is 0 Å². The summed E-state index contributed by atoms with van der Waals surface area (Å²) in [5.41, 5.74) is 0. The van der Waals surface area contributed by atoms with E-state index in [1.807, 2.05) is 0 Å². The topological polar surface area (TPSA) is 60.4 Å². The molecule has 0 amide bonds. The van der Waals surface area contributed by atoms with Gasteiger partial charge in [0, 0.05) is 12.4 Å². The maximum Gasteiger partial charge on any atom is 1.00 e. The van der Waals surface area contributed by atoms with Crippen molar-refractivity contribution < 1.29 is 44.6 Å². The van der Waals surface area contributed by atoms with E-state index in [1.54, 1.807) is 0 Å². The molecule has 1 atom stereocenters. The van der Waals surface area contributed by atoms with Gasteiger partial charge in [0.1, 0.15) is 0 Å². The third kappa shape index (κ3) is 9.66. The number of carbonyl (C=O) groups is 1. The number of carboxylic acids is 1. The molecule has 0 aliphatic carbocycles. The largest absolute Gasteiger partial charge is 1.00 e. The molecule has 0 unspecified atom stereocenters. The Morgan fingerprint density at radius 3 is 2.25 bits per heavy atom. The van der Waals surface area contributed by atoms with Crippen LogP contribution in [-0.2, 0) is 4.79 Å². The van der Waals surface area contributed by atoms with Gasteiger partial charge < -0.3 is 15.0 Å². The second-order valence-electron chi connectivity index (χ2n) is 1.43. The van der Waals surface area contributed by atoms with E-state index in [4.69, 9.17) is 5.11 Å². The maximum absolute atomic E-state index is 9.54. The van der Waals surface area contributed by atoms with Crippen molar-refractivity contribution in [3.63, 3.8) is 0 Å². The predicted octanol–water partition coefficient (Wildman–Crippen LogP) is -4.49. The van der Waals surface area contributed by atoms with Crippen molar-refractivity contribution in [2.45, 2.75) is 19.4 Å². The average molecular weight is 128 g/mol. The first-order valence-electron chi connectivity index (χ1n) is 2.01. The zero-order valence-corrected chi connectivity index (χ0v) is 7.05. The summed E-state index contributed by atoms with van der Waals surface area (Å²) in [7, 11) is 0. The molecular formula is C4H7NaO3. The molecule has 4 heteroatoms. The second kappa shape index (κ2) is 5.56. The third-order valence-corrected chi connectivity index (χ3v) is 0.462. The van der Waals surface area contributed by atoms with Gasteiger partial charge in [-0.3, -0.25) is 0 Å². The van der Waals surface area contributed by atoms with E-state index in [-0.39, 0.29) is 36.0 Å². The monoisotopic (exact) mass is 128 g/mol. The van der Waals surface area contributed by atoms with Gasteiger partial charge in [-0.1, -0.05) is 0 Å². The summed E-state index contributed by atoms with van der Waals surface area (Å²) in [5, 5.41) is 17.8. The first-order valence-corrected chi connectivity index (χ1v) is 2.01. The number of aliphatic carboxylic acids is 1. The molecule has 1 N–H and O–H groups in total. The van der Waals surface area contributed by atoms with Crippen LogP contribution in [0.3, 0.4) is 0 Å². The van der Waals surface area contributed by atoms with Gasteiger partial charge in [-0.25, -0.2) is 0 Å². The van der Waals surface area contributed by atoms with E-state index in [9.17, 15) is 9.90 Å². The number of carboxylic acid groups (broad SMARTS) is 1. The Kier molecular flexibility index (Phi) is 7.83. The van der Waals surface area contributed by atoms with Gasteiger partial charge in [-0.2, -0.15) is 0 Å². The SMILES string of the molecule is [13CH3][C@@H](O)[13CH2]C(=O)[O-].[Na+]. The molecule has 0 spiro atoms. The van der Waals surface area contributed by atoms with E-state index in [0.717, 1.165) is 0 Å². The molecule has 0 aromatic heterocycles.